The summed E-state index contributed by atoms with van der Waals surface area (Å²) in [7, 11) is 0. The molecule has 19 heavy (non-hydrogen) atoms. The lowest BCUT2D eigenvalue weighted by molar-refractivity contribution is -0.126. The molecule has 1 nitrogen and oxygen atoms in total. The topological polar surface area (TPSA) is 17.1 Å². The van der Waals surface area contributed by atoms with Crippen LogP contribution in [0.5, 0.6) is 0 Å². The molecule has 0 saturated heterocycles. The van der Waals surface area contributed by atoms with Gasteiger partial charge in [-0.1, -0.05) is 48.8 Å². The maximum atomic E-state index is 12.1. The van der Waals surface area contributed by atoms with Crippen LogP contribution >= 0.6 is 15.9 Å². The molecular weight excluding hydrogens is 300 g/mol. The van der Waals surface area contributed by atoms with Gasteiger partial charge in [0.1, 0.15) is 5.78 Å². The summed E-state index contributed by atoms with van der Waals surface area (Å²) in [6.45, 7) is 6.89. The Hall–Kier alpha value is -0.630. The van der Waals surface area contributed by atoms with Gasteiger partial charge in [0.15, 0.2) is 0 Å². The minimum Gasteiger partial charge on any atom is -0.299 e. The van der Waals surface area contributed by atoms with Crippen molar-refractivity contribution in [3.8, 4) is 0 Å². The molecule has 2 atom stereocenters. The zero-order valence-electron chi connectivity index (χ0n) is 12.1. The van der Waals surface area contributed by atoms with E-state index in [2.05, 4.69) is 48.8 Å². The van der Waals surface area contributed by atoms with E-state index in [1.807, 2.05) is 12.1 Å². The molecule has 1 fully saturated rings. The lowest BCUT2D eigenvalue weighted by Gasteiger charge is -2.37. The van der Waals surface area contributed by atoms with Crippen LogP contribution in [0, 0.1) is 17.3 Å². The lowest BCUT2D eigenvalue weighted by Crippen LogP contribution is -2.33. The first-order valence-corrected chi connectivity index (χ1v) is 7.92. The van der Waals surface area contributed by atoms with Gasteiger partial charge in [-0.15, -0.1) is 0 Å². The summed E-state index contributed by atoms with van der Waals surface area (Å²) in [6, 6.07) is 8.34. The number of halogens is 1. The fraction of sp³-hybridized carbons (Fsp3) is 0.588. The first kappa shape index (κ1) is 14.8. The summed E-state index contributed by atoms with van der Waals surface area (Å²) in [4.78, 5) is 12.1. The van der Waals surface area contributed by atoms with Crippen LogP contribution in [-0.4, -0.2) is 5.78 Å². The summed E-state index contributed by atoms with van der Waals surface area (Å²) < 4.78 is 1.10. The Bertz CT molecular complexity index is 459. The summed E-state index contributed by atoms with van der Waals surface area (Å²) in [6.07, 6.45) is 3.78. The fourth-order valence-electron chi connectivity index (χ4n) is 3.05. The van der Waals surface area contributed by atoms with Crippen molar-refractivity contribution < 1.29 is 4.79 Å². The number of carbonyl (C=O) groups is 1. The standard InChI is InChI=1S/C17H23BrO/c1-17(2,3)14-7-8-16(19)13(11-14)9-12-5-4-6-15(18)10-12/h4-6,10,13-14H,7-9,11H2,1-3H3. The molecule has 1 aliphatic rings. The van der Waals surface area contributed by atoms with E-state index >= 15 is 0 Å². The molecule has 0 aromatic heterocycles. The van der Waals surface area contributed by atoms with Crippen LogP contribution < -0.4 is 0 Å². The molecule has 0 amide bonds. The molecule has 0 aliphatic heterocycles. The first-order valence-electron chi connectivity index (χ1n) is 7.13. The molecule has 0 N–H and O–H groups in total. The van der Waals surface area contributed by atoms with Crippen molar-refractivity contribution in [1.29, 1.82) is 0 Å². The predicted molar refractivity (Wildman–Crippen MR) is 83.1 cm³/mol. The summed E-state index contributed by atoms with van der Waals surface area (Å²) in [5.41, 5.74) is 1.58. The largest absolute Gasteiger partial charge is 0.299 e. The summed E-state index contributed by atoms with van der Waals surface area (Å²) in [5.74, 6) is 1.34. The Labute approximate surface area is 124 Å². The molecule has 1 aromatic rings. The summed E-state index contributed by atoms with van der Waals surface area (Å²) >= 11 is 3.50. The SMILES string of the molecule is CC(C)(C)C1CCC(=O)C(Cc2cccc(Br)c2)C1. The van der Waals surface area contributed by atoms with Crippen molar-refractivity contribution in [2.45, 2.75) is 46.5 Å². The molecule has 0 radical (unpaired) electrons. The van der Waals surface area contributed by atoms with Gasteiger partial charge < -0.3 is 0 Å². The molecule has 2 rings (SSSR count). The smallest absolute Gasteiger partial charge is 0.136 e. The van der Waals surface area contributed by atoms with E-state index in [9.17, 15) is 4.79 Å². The quantitative estimate of drug-likeness (QED) is 0.746. The molecule has 0 spiro atoms. The predicted octanol–water partition coefficient (Wildman–Crippen LogP) is 5.02. The monoisotopic (exact) mass is 322 g/mol. The highest BCUT2D eigenvalue weighted by molar-refractivity contribution is 9.10. The highest BCUT2D eigenvalue weighted by atomic mass is 79.9. The number of hydrogen-bond acceptors (Lipinski definition) is 1. The zero-order chi connectivity index (χ0) is 14.0. The Morgan fingerprint density at radius 2 is 2.05 bits per heavy atom. The number of Topliss-reactive ketones (excluding diaryl/α,β-unsaturated/α-hetero) is 1. The third-order valence-electron chi connectivity index (χ3n) is 4.36. The van der Waals surface area contributed by atoms with Crippen LogP contribution in [0.25, 0.3) is 0 Å². The zero-order valence-corrected chi connectivity index (χ0v) is 13.7. The molecule has 2 unspecified atom stereocenters. The van der Waals surface area contributed by atoms with Gasteiger partial charge in [-0.3, -0.25) is 4.79 Å². The van der Waals surface area contributed by atoms with Gasteiger partial charge in [-0.2, -0.15) is 0 Å². The van der Waals surface area contributed by atoms with Crippen molar-refractivity contribution in [2.75, 3.05) is 0 Å². The molecule has 1 saturated carbocycles. The van der Waals surface area contributed by atoms with E-state index in [1.165, 1.54) is 5.56 Å². The van der Waals surface area contributed by atoms with E-state index in [1.54, 1.807) is 0 Å². The van der Waals surface area contributed by atoms with Crippen molar-refractivity contribution >= 4 is 21.7 Å². The number of hydrogen-bond donors (Lipinski definition) is 0. The van der Waals surface area contributed by atoms with Gasteiger partial charge in [0, 0.05) is 16.8 Å². The highest BCUT2D eigenvalue weighted by Gasteiger charge is 2.34. The number of benzene rings is 1. The Balaban J connectivity index is 2.08. The molecule has 1 aromatic carbocycles. The van der Waals surface area contributed by atoms with Gasteiger partial charge in [-0.05, 0) is 48.3 Å². The van der Waals surface area contributed by atoms with Crippen molar-refractivity contribution in [2.24, 2.45) is 17.3 Å². The Kier molecular flexibility index (Phi) is 4.50. The number of carbonyl (C=O) groups excluding carboxylic acids is 1. The van der Waals surface area contributed by atoms with Crippen LogP contribution in [-0.2, 0) is 11.2 Å². The second-order valence-electron chi connectivity index (χ2n) is 6.83. The van der Waals surface area contributed by atoms with E-state index in [0.29, 0.717) is 17.1 Å². The van der Waals surface area contributed by atoms with E-state index < -0.39 is 0 Å². The van der Waals surface area contributed by atoms with Crippen molar-refractivity contribution in [1.82, 2.24) is 0 Å². The maximum absolute atomic E-state index is 12.1. The van der Waals surface area contributed by atoms with Crippen molar-refractivity contribution in [3.63, 3.8) is 0 Å². The van der Waals surface area contributed by atoms with Gasteiger partial charge in [0.05, 0.1) is 0 Å². The molecule has 0 bridgehead atoms. The summed E-state index contributed by atoms with van der Waals surface area (Å²) in [5, 5.41) is 0. The minimum atomic E-state index is 0.215. The molecular formula is C17H23BrO. The second-order valence-corrected chi connectivity index (χ2v) is 7.75. The van der Waals surface area contributed by atoms with Crippen LogP contribution in [0.3, 0.4) is 0 Å². The van der Waals surface area contributed by atoms with Crippen LogP contribution in [0.15, 0.2) is 28.7 Å². The third-order valence-corrected chi connectivity index (χ3v) is 4.85. The Morgan fingerprint density at radius 1 is 1.32 bits per heavy atom. The fourth-order valence-corrected chi connectivity index (χ4v) is 3.49. The molecule has 0 heterocycles. The van der Waals surface area contributed by atoms with Gasteiger partial charge in [0.2, 0.25) is 0 Å². The number of ketones is 1. The van der Waals surface area contributed by atoms with Crippen LogP contribution in [0.2, 0.25) is 0 Å². The van der Waals surface area contributed by atoms with Crippen LogP contribution in [0.1, 0.15) is 45.6 Å². The average Bonchev–Trinajstić information content (AvgIpc) is 2.30. The Morgan fingerprint density at radius 3 is 2.68 bits per heavy atom. The van der Waals surface area contributed by atoms with Gasteiger partial charge in [-0.25, -0.2) is 0 Å². The van der Waals surface area contributed by atoms with Gasteiger partial charge >= 0.3 is 0 Å². The van der Waals surface area contributed by atoms with Crippen molar-refractivity contribution in [3.05, 3.63) is 34.3 Å². The molecule has 1 aliphatic carbocycles. The van der Waals surface area contributed by atoms with Gasteiger partial charge in [0.25, 0.3) is 0 Å². The maximum Gasteiger partial charge on any atom is 0.136 e. The minimum absolute atomic E-state index is 0.215. The average molecular weight is 323 g/mol. The highest BCUT2D eigenvalue weighted by Crippen LogP contribution is 2.39. The van der Waals surface area contributed by atoms with E-state index in [-0.39, 0.29) is 5.92 Å². The lowest BCUT2D eigenvalue weighted by atomic mass is 9.67. The normalized spacial score (nSPS) is 24.5. The molecule has 104 valence electrons. The third kappa shape index (κ3) is 3.92. The van der Waals surface area contributed by atoms with Crippen LogP contribution in [0.4, 0.5) is 0 Å². The van der Waals surface area contributed by atoms with E-state index in [0.717, 1.165) is 30.2 Å². The first-order chi connectivity index (χ1) is 8.86. The number of rotatable bonds is 2. The second kappa shape index (κ2) is 5.78. The van der Waals surface area contributed by atoms with E-state index in [4.69, 9.17) is 0 Å². The molecule has 2 heteroatoms.